The van der Waals surface area contributed by atoms with Crippen LogP contribution in [0.4, 0.5) is 5.69 Å². The molecule has 0 unspecified atom stereocenters. The lowest BCUT2D eigenvalue weighted by atomic mass is 10.1. The molecule has 42 heavy (non-hydrogen) atoms. The SMILES string of the molecule is CC[C@@H](CN(Cc1cccc(Cl)c1Cl)C(=S)Nc1ccc(Br)cc1)NC(=O)Cc1cncn1Cc1ccc(C#N)cc1. The number of amides is 1. The molecule has 0 saturated heterocycles. The van der Waals surface area contributed by atoms with Crippen molar-refractivity contribution in [2.45, 2.75) is 38.9 Å². The monoisotopic (exact) mass is 682 g/mol. The molecule has 1 aromatic heterocycles. The fourth-order valence-corrected chi connectivity index (χ4v) is 5.24. The Morgan fingerprint density at radius 2 is 1.88 bits per heavy atom. The van der Waals surface area contributed by atoms with Crippen LogP contribution in [0.25, 0.3) is 0 Å². The molecule has 0 aliphatic heterocycles. The summed E-state index contributed by atoms with van der Waals surface area (Å²) in [4.78, 5) is 19.4. The Labute approximate surface area is 269 Å². The Morgan fingerprint density at radius 1 is 1.14 bits per heavy atom. The van der Waals surface area contributed by atoms with E-state index in [9.17, 15) is 4.79 Å². The molecule has 1 atom stereocenters. The van der Waals surface area contributed by atoms with Gasteiger partial charge in [-0.1, -0.05) is 70.3 Å². The Hall–Kier alpha value is -3.42. The first-order valence-electron chi connectivity index (χ1n) is 13.3. The van der Waals surface area contributed by atoms with E-state index in [1.165, 1.54) is 0 Å². The van der Waals surface area contributed by atoms with Gasteiger partial charge in [0.15, 0.2) is 5.11 Å². The summed E-state index contributed by atoms with van der Waals surface area (Å²) in [7, 11) is 0. The molecule has 216 valence electrons. The summed E-state index contributed by atoms with van der Waals surface area (Å²) in [6, 6.07) is 22.6. The number of rotatable bonds is 11. The number of nitriles is 1. The van der Waals surface area contributed by atoms with Crippen LogP contribution >= 0.6 is 51.3 Å². The summed E-state index contributed by atoms with van der Waals surface area (Å²) in [5.74, 6) is -0.115. The molecule has 7 nitrogen and oxygen atoms in total. The van der Waals surface area contributed by atoms with Crippen molar-refractivity contribution in [2.75, 3.05) is 11.9 Å². The van der Waals surface area contributed by atoms with Crippen molar-refractivity contribution in [1.82, 2.24) is 19.8 Å². The van der Waals surface area contributed by atoms with E-state index >= 15 is 0 Å². The van der Waals surface area contributed by atoms with Crippen LogP contribution in [0.15, 0.2) is 83.7 Å². The van der Waals surface area contributed by atoms with Crippen molar-refractivity contribution < 1.29 is 4.79 Å². The molecule has 0 bridgehead atoms. The number of halogens is 3. The lowest BCUT2D eigenvalue weighted by Gasteiger charge is -2.30. The predicted molar refractivity (Wildman–Crippen MR) is 176 cm³/mol. The number of carbonyl (C=O) groups is 1. The summed E-state index contributed by atoms with van der Waals surface area (Å²) in [5.41, 5.74) is 4.09. The molecule has 0 fully saturated rings. The van der Waals surface area contributed by atoms with Crippen LogP contribution in [-0.4, -0.2) is 38.1 Å². The van der Waals surface area contributed by atoms with Crippen LogP contribution in [0.5, 0.6) is 0 Å². The zero-order chi connectivity index (χ0) is 30.1. The second-order valence-corrected chi connectivity index (χ2v) is 11.8. The first kappa shape index (κ1) is 31.5. The van der Waals surface area contributed by atoms with Crippen molar-refractivity contribution in [2.24, 2.45) is 0 Å². The molecule has 1 amide bonds. The van der Waals surface area contributed by atoms with Gasteiger partial charge in [-0.2, -0.15) is 5.26 Å². The fourth-order valence-electron chi connectivity index (χ4n) is 4.34. The number of anilines is 1. The van der Waals surface area contributed by atoms with Crippen molar-refractivity contribution in [1.29, 1.82) is 5.26 Å². The number of nitrogens with zero attached hydrogens (tertiary/aromatic N) is 4. The van der Waals surface area contributed by atoms with E-state index in [0.717, 1.165) is 27.0 Å². The minimum absolute atomic E-state index is 0.115. The van der Waals surface area contributed by atoms with E-state index in [0.29, 0.717) is 46.8 Å². The number of aromatic nitrogens is 2. The van der Waals surface area contributed by atoms with E-state index in [1.807, 2.05) is 64.9 Å². The van der Waals surface area contributed by atoms with Gasteiger partial charge in [-0.3, -0.25) is 4.79 Å². The molecule has 11 heteroatoms. The standard InChI is InChI=1S/C31H29BrCl2N6OS/c1-2-25(37-29(41)14-27-16-36-20-40(27)17-22-8-6-21(15-35)7-9-22)19-39(18-23-4-3-5-28(33)30(23)34)31(42)38-26-12-10-24(32)11-13-26/h3-13,16,20,25H,2,14,17-19H2,1H3,(H,37,41)(H,38,42)/t25-/m0/s1. The van der Waals surface area contributed by atoms with Gasteiger partial charge in [-0.25, -0.2) is 4.98 Å². The number of benzene rings is 3. The Bertz CT molecular complexity index is 1570. The van der Waals surface area contributed by atoms with Crippen molar-refractivity contribution in [3.63, 3.8) is 0 Å². The highest BCUT2D eigenvalue weighted by Gasteiger charge is 2.20. The topological polar surface area (TPSA) is 86.0 Å². The van der Waals surface area contributed by atoms with Crippen LogP contribution in [0.3, 0.4) is 0 Å². The van der Waals surface area contributed by atoms with E-state index in [-0.39, 0.29) is 18.4 Å². The molecule has 0 saturated carbocycles. The van der Waals surface area contributed by atoms with Crippen LogP contribution < -0.4 is 10.6 Å². The molecule has 0 spiro atoms. The summed E-state index contributed by atoms with van der Waals surface area (Å²) >= 11 is 22.1. The van der Waals surface area contributed by atoms with E-state index in [4.69, 9.17) is 40.7 Å². The molecule has 0 aliphatic rings. The third-order valence-electron chi connectivity index (χ3n) is 6.65. The van der Waals surface area contributed by atoms with Crippen molar-refractivity contribution >= 4 is 68.1 Å². The fraction of sp³-hybridized carbons (Fsp3) is 0.226. The zero-order valence-electron chi connectivity index (χ0n) is 22.9. The summed E-state index contributed by atoms with van der Waals surface area (Å²) in [6.45, 7) is 3.44. The van der Waals surface area contributed by atoms with Crippen LogP contribution in [-0.2, 0) is 24.3 Å². The van der Waals surface area contributed by atoms with Crippen molar-refractivity contribution in [3.05, 3.63) is 116 Å². The molecule has 4 aromatic rings. The first-order chi connectivity index (χ1) is 20.2. The number of hydrogen-bond donors (Lipinski definition) is 2. The Morgan fingerprint density at radius 3 is 2.57 bits per heavy atom. The van der Waals surface area contributed by atoms with Gasteiger partial charge >= 0.3 is 0 Å². The van der Waals surface area contributed by atoms with Crippen LogP contribution in [0, 0.1) is 11.3 Å². The second kappa shape index (κ2) is 15.2. The molecule has 1 heterocycles. The highest BCUT2D eigenvalue weighted by Crippen LogP contribution is 2.27. The van der Waals surface area contributed by atoms with Gasteiger partial charge in [-0.15, -0.1) is 0 Å². The average molecular weight is 684 g/mol. The van der Waals surface area contributed by atoms with E-state index < -0.39 is 0 Å². The van der Waals surface area contributed by atoms with E-state index in [1.54, 1.807) is 30.7 Å². The van der Waals surface area contributed by atoms with Gasteiger partial charge in [0.1, 0.15) is 0 Å². The molecule has 0 aliphatic carbocycles. The molecule has 2 N–H and O–H groups in total. The van der Waals surface area contributed by atoms with Crippen LogP contribution in [0.2, 0.25) is 10.0 Å². The summed E-state index contributed by atoms with van der Waals surface area (Å²) in [6.07, 6.45) is 4.28. The third-order valence-corrected chi connectivity index (χ3v) is 8.40. The smallest absolute Gasteiger partial charge is 0.226 e. The van der Waals surface area contributed by atoms with Gasteiger partial charge < -0.3 is 20.1 Å². The normalized spacial score (nSPS) is 11.4. The van der Waals surface area contributed by atoms with Gasteiger partial charge in [0.2, 0.25) is 5.91 Å². The number of imidazole rings is 1. The largest absolute Gasteiger partial charge is 0.351 e. The lowest BCUT2D eigenvalue weighted by Crippen LogP contribution is -2.47. The highest BCUT2D eigenvalue weighted by molar-refractivity contribution is 9.10. The number of carbonyl (C=O) groups excluding carboxylic acids is 1. The number of thiocarbonyl (C=S) groups is 1. The van der Waals surface area contributed by atoms with E-state index in [2.05, 4.69) is 37.6 Å². The van der Waals surface area contributed by atoms with Gasteiger partial charge in [0.05, 0.1) is 34.4 Å². The summed E-state index contributed by atoms with van der Waals surface area (Å²) in [5, 5.41) is 17.0. The Kier molecular flexibility index (Phi) is 11.4. The molecule has 0 radical (unpaired) electrons. The minimum Gasteiger partial charge on any atom is -0.351 e. The quantitative estimate of drug-likeness (QED) is 0.163. The maximum atomic E-state index is 13.2. The maximum absolute atomic E-state index is 13.2. The Balaban J connectivity index is 1.45. The zero-order valence-corrected chi connectivity index (χ0v) is 26.8. The maximum Gasteiger partial charge on any atom is 0.226 e. The molecular formula is C31H29BrCl2N6OS. The minimum atomic E-state index is -0.185. The molecular weight excluding hydrogens is 655 g/mol. The third kappa shape index (κ3) is 8.79. The van der Waals surface area contributed by atoms with Gasteiger partial charge in [0.25, 0.3) is 0 Å². The van der Waals surface area contributed by atoms with Crippen LogP contribution in [0.1, 0.15) is 35.7 Å². The molecule has 4 rings (SSSR count). The number of nitrogens with one attached hydrogen (secondary N) is 2. The first-order valence-corrected chi connectivity index (χ1v) is 15.2. The van der Waals surface area contributed by atoms with Crippen molar-refractivity contribution in [3.8, 4) is 6.07 Å². The summed E-state index contributed by atoms with van der Waals surface area (Å²) < 4.78 is 2.90. The van der Waals surface area contributed by atoms with Gasteiger partial charge in [-0.05, 0) is 72.2 Å². The van der Waals surface area contributed by atoms with Gasteiger partial charge in [0, 0.05) is 47.7 Å². The number of hydrogen-bond acceptors (Lipinski definition) is 4. The molecule has 3 aromatic carbocycles. The lowest BCUT2D eigenvalue weighted by molar-refractivity contribution is -0.121. The average Bonchev–Trinajstić information content (AvgIpc) is 3.41. The second-order valence-electron chi connectivity index (χ2n) is 9.70. The predicted octanol–water partition coefficient (Wildman–Crippen LogP) is 7.21. The highest BCUT2D eigenvalue weighted by atomic mass is 79.9.